The molecule has 0 spiro atoms. The molecule has 0 saturated carbocycles. The predicted molar refractivity (Wildman–Crippen MR) is 63.9 cm³/mol. The van der Waals surface area contributed by atoms with Crippen LogP contribution in [-0.2, 0) is 0 Å². The zero-order chi connectivity index (χ0) is 10.1. The lowest BCUT2D eigenvalue weighted by Gasteiger charge is -2.08. The topological polar surface area (TPSA) is 12.0 Å². The van der Waals surface area contributed by atoms with Crippen LogP contribution in [-0.4, -0.2) is 0 Å². The van der Waals surface area contributed by atoms with Crippen LogP contribution in [0.4, 0.5) is 11.4 Å². The van der Waals surface area contributed by atoms with E-state index in [0.717, 1.165) is 11.4 Å². The van der Waals surface area contributed by atoms with Crippen LogP contribution in [0.1, 0.15) is 11.1 Å². The number of nitrogens with one attached hydrogen (secondary N) is 1. The molecule has 15 heavy (non-hydrogen) atoms. The third-order valence-electron chi connectivity index (χ3n) is 2.57. The van der Waals surface area contributed by atoms with Gasteiger partial charge in [-0.25, -0.2) is 0 Å². The molecule has 0 amide bonds. The van der Waals surface area contributed by atoms with Crippen molar-refractivity contribution in [2.75, 3.05) is 5.32 Å². The Kier molecular flexibility index (Phi) is 1.82. The molecule has 1 radical (unpaired) electrons. The van der Waals surface area contributed by atoms with Crippen LogP contribution in [0.25, 0.3) is 12.2 Å². The number of benzene rings is 2. The number of anilines is 2. The van der Waals surface area contributed by atoms with E-state index in [1.165, 1.54) is 11.1 Å². The van der Waals surface area contributed by atoms with E-state index in [1.54, 1.807) is 0 Å². The van der Waals surface area contributed by atoms with Crippen molar-refractivity contribution >= 4 is 23.5 Å². The van der Waals surface area contributed by atoms with E-state index in [-0.39, 0.29) is 0 Å². The molecule has 0 bridgehead atoms. The summed E-state index contributed by atoms with van der Waals surface area (Å²) in [6.45, 7) is 0. The van der Waals surface area contributed by atoms with Gasteiger partial charge in [0.15, 0.2) is 0 Å². The van der Waals surface area contributed by atoms with Crippen LogP contribution in [0.2, 0.25) is 0 Å². The van der Waals surface area contributed by atoms with Crippen molar-refractivity contribution in [3.8, 4) is 0 Å². The van der Waals surface area contributed by atoms with Crippen LogP contribution >= 0.6 is 0 Å². The van der Waals surface area contributed by atoms with Gasteiger partial charge in [-0.1, -0.05) is 42.5 Å². The second-order valence-electron chi connectivity index (χ2n) is 3.56. The van der Waals surface area contributed by atoms with E-state index >= 15 is 0 Å². The summed E-state index contributed by atoms with van der Waals surface area (Å²) in [5.41, 5.74) is 4.67. The van der Waals surface area contributed by atoms with Gasteiger partial charge in [0.1, 0.15) is 0 Å². The summed E-state index contributed by atoms with van der Waals surface area (Å²) in [4.78, 5) is 0. The molecule has 3 rings (SSSR count). The van der Waals surface area contributed by atoms with Crippen molar-refractivity contribution in [2.24, 2.45) is 0 Å². The highest BCUT2D eigenvalue weighted by Gasteiger charge is 2.05. The van der Waals surface area contributed by atoms with Crippen LogP contribution in [0.3, 0.4) is 0 Å². The van der Waals surface area contributed by atoms with E-state index in [4.69, 9.17) is 0 Å². The SMILES string of the molecule is [c]1ccc2c(c1)Nc1ccccc1C=C2. The fourth-order valence-electron chi connectivity index (χ4n) is 1.78. The van der Waals surface area contributed by atoms with Gasteiger partial charge in [-0.15, -0.1) is 0 Å². The molecule has 1 heterocycles. The summed E-state index contributed by atoms with van der Waals surface area (Å²) in [5, 5.41) is 3.41. The van der Waals surface area contributed by atoms with Gasteiger partial charge in [-0.2, -0.15) is 0 Å². The maximum Gasteiger partial charge on any atom is 0.0464 e. The third kappa shape index (κ3) is 1.42. The van der Waals surface area contributed by atoms with Gasteiger partial charge >= 0.3 is 0 Å². The number of hydrogen-bond acceptors (Lipinski definition) is 1. The molecule has 0 unspecified atom stereocenters. The molecule has 1 heteroatoms. The minimum absolute atomic E-state index is 1.11. The van der Waals surface area contributed by atoms with Gasteiger partial charge in [0.2, 0.25) is 0 Å². The number of hydrogen-bond donors (Lipinski definition) is 1. The highest BCUT2D eigenvalue weighted by Crippen LogP contribution is 2.29. The molecule has 2 aromatic carbocycles. The van der Waals surface area contributed by atoms with Crippen molar-refractivity contribution in [1.82, 2.24) is 0 Å². The molecule has 1 nitrogen and oxygen atoms in total. The smallest absolute Gasteiger partial charge is 0.0464 e. The van der Waals surface area contributed by atoms with Gasteiger partial charge in [0.05, 0.1) is 0 Å². The van der Waals surface area contributed by atoms with Gasteiger partial charge in [0.25, 0.3) is 0 Å². The zero-order valence-electron chi connectivity index (χ0n) is 8.20. The molecule has 0 saturated heterocycles. The summed E-state index contributed by atoms with van der Waals surface area (Å²) in [7, 11) is 0. The largest absolute Gasteiger partial charge is 0.355 e. The summed E-state index contributed by atoms with van der Waals surface area (Å²) < 4.78 is 0. The molecule has 1 aliphatic heterocycles. The Morgan fingerprint density at radius 1 is 0.867 bits per heavy atom. The molecular formula is C14H10N. The monoisotopic (exact) mass is 192 g/mol. The summed E-state index contributed by atoms with van der Waals surface area (Å²) in [6, 6.07) is 17.3. The Bertz CT molecular complexity index is 479. The van der Waals surface area contributed by atoms with Gasteiger partial charge < -0.3 is 5.32 Å². The predicted octanol–water partition coefficient (Wildman–Crippen LogP) is 3.71. The van der Waals surface area contributed by atoms with Gasteiger partial charge in [0, 0.05) is 11.4 Å². The van der Waals surface area contributed by atoms with Crippen molar-refractivity contribution < 1.29 is 0 Å². The average Bonchev–Trinajstić information content (AvgIpc) is 2.48. The molecule has 0 aliphatic carbocycles. The second-order valence-corrected chi connectivity index (χ2v) is 3.56. The van der Waals surface area contributed by atoms with Crippen molar-refractivity contribution in [2.45, 2.75) is 0 Å². The molecule has 71 valence electrons. The Morgan fingerprint density at radius 3 is 2.60 bits per heavy atom. The summed E-state index contributed by atoms with van der Waals surface area (Å²) >= 11 is 0. The third-order valence-corrected chi connectivity index (χ3v) is 2.57. The van der Waals surface area contributed by atoms with E-state index in [1.807, 2.05) is 24.3 Å². The normalized spacial score (nSPS) is 12.3. The Hall–Kier alpha value is -2.02. The minimum atomic E-state index is 1.11. The lowest BCUT2D eigenvalue weighted by Crippen LogP contribution is -1.92. The standard InChI is InChI=1S/C14H10N/c1-3-7-13-11(5-1)9-10-12-6-2-4-8-14(12)15-13/h1-3,5-10,15H. The summed E-state index contributed by atoms with van der Waals surface area (Å²) in [5.74, 6) is 0. The lowest BCUT2D eigenvalue weighted by atomic mass is 10.1. The summed E-state index contributed by atoms with van der Waals surface area (Å²) in [6.07, 6.45) is 4.26. The molecule has 1 N–H and O–H groups in total. The molecule has 0 atom stereocenters. The first kappa shape index (κ1) is 8.30. The van der Waals surface area contributed by atoms with Crippen LogP contribution in [0.5, 0.6) is 0 Å². The quantitative estimate of drug-likeness (QED) is 0.572. The maximum atomic E-state index is 3.41. The van der Waals surface area contributed by atoms with Crippen molar-refractivity contribution in [3.63, 3.8) is 0 Å². The lowest BCUT2D eigenvalue weighted by molar-refractivity contribution is 1.53. The number of fused-ring (bicyclic) bond motifs is 2. The zero-order valence-corrected chi connectivity index (χ0v) is 8.20. The van der Waals surface area contributed by atoms with E-state index in [9.17, 15) is 0 Å². The number of rotatable bonds is 0. The van der Waals surface area contributed by atoms with Gasteiger partial charge in [-0.3, -0.25) is 0 Å². The van der Waals surface area contributed by atoms with E-state index in [0.29, 0.717) is 0 Å². The Labute approximate surface area is 89.1 Å². The van der Waals surface area contributed by atoms with Crippen molar-refractivity contribution in [3.05, 3.63) is 59.7 Å². The first-order valence-electron chi connectivity index (χ1n) is 4.98. The average molecular weight is 192 g/mol. The van der Waals surface area contributed by atoms with E-state index < -0.39 is 0 Å². The number of para-hydroxylation sites is 1. The maximum absolute atomic E-state index is 3.41. The van der Waals surface area contributed by atoms with Gasteiger partial charge in [-0.05, 0) is 29.3 Å². The van der Waals surface area contributed by atoms with Crippen molar-refractivity contribution in [1.29, 1.82) is 0 Å². The van der Waals surface area contributed by atoms with Crippen LogP contribution in [0.15, 0.2) is 42.5 Å². The van der Waals surface area contributed by atoms with E-state index in [2.05, 4.69) is 41.7 Å². The first-order chi connectivity index (χ1) is 7.43. The van der Waals surface area contributed by atoms with Crippen LogP contribution in [0, 0.1) is 6.07 Å². The Balaban J connectivity index is 2.19. The Morgan fingerprint density at radius 2 is 1.67 bits per heavy atom. The molecule has 0 aromatic heterocycles. The molecule has 1 aliphatic rings. The molecule has 2 aromatic rings. The fourth-order valence-corrected chi connectivity index (χ4v) is 1.78. The molecular weight excluding hydrogens is 182 g/mol. The highest BCUT2D eigenvalue weighted by molar-refractivity contribution is 5.87. The first-order valence-corrected chi connectivity index (χ1v) is 4.98. The minimum Gasteiger partial charge on any atom is -0.355 e. The fraction of sp³-hybridized carbons (Fsp3) is 0. The van der Waals surface area contributed by atoms with Crippen LogP contribution < -0.4 is 5.32 Å². The molecule has 0 fully saturated rings. The highest BCUT2D eigenvalue weighted by atomic mass is 14.9. The second kappa shape index (κ2) is 3.28.